The summed E-state index contributed by atoms with van der Waals surface area (Å²) in [5, 5.41) is 0. The second-order valence-electron chi connectivity index (χ2n) is 1.83. The van der Waals surface area contributed by atoms with Crippen LogP contribution in [0.1, 0.15) is 0 Å². The zero-order chi connectivity index (χ0) is 9.14. The predicted octanol–water partition coefficient (Wildman–Crippen LogP) is 0.867. The summed E-state index contributed by atoms with van der Waals surface area (Å²) in [5.41, 5.74) is 5.48. The van der Waals surface area contributed by atoms with Crippen molar-refractivity contribution >= 4 is 50.0 Å². The van der Waals surface area contributed by atoms with Gasteiger partial charge in [0.2, 0.25) is 0 Å². The van der Waals surface area contributed by atoms with Gasteiger partial charge in [-0.25, -0.2) is 9.79 Å². The molecule has 1 aliphatic heterocycles. The summed E-state index contributed by atoms with van der Waals surface area (Å²) in [6.07, 6.45) is 1.52. The van der Waals surface area contributed by atoms with Crippen LogP contribution >= 0.6 is 36.7 Å². The van der Waals surface area contributed by atoms with Crippen molar-refractivity contribution in [3.05, 3.63) is 10.7 Å². The van der Waals surface area contributed by atoms with Gasteiger partial charge in [0.15, 0.2) is 3.84 Å². The van der Waals surface area contributed by atoms with Gasteiger partial charge >= 0.3 is 5.97 Å². The van der Waals surface area contributed by atoms with Crippen molar-refractivity contribution in [3.8, 4) is 0 Å². The number of nitrogens with two attached hydrogens (primary N) is 1. The molecule has 0 aromatic carbocycles. The minimum absolute atomic E-state index is 0.330. The SMILES string of the molecule is COC(=O)C1=IC(N)=NC=C1Br. The molecule has 1 aliphatic rings. The first-order valence-corrected chi connectivity index (χ1v) is 5.89. The molecule has 0 aromatic heterocycles. The van der Waals surface area contributed by atoms with E-state index in [1.54, 1.807) is 0 Å². The summed E-state index contributed by atoms with van der Waals surface area (Å²) < 4.78 is 6.40. The number of hydrogen-bond donors (Lipinski definition) is 1. The van der Waals surface area contributed by atoms with Gasteiger partial charge in [-0.1, -0.05) is 0 Å². The Morgan fingerprint density at radius 3 is 3.08 bits per heavy atom. The molecule has 0 aromatic rings. The summed E-state index contributed by atoms with van der Waals surface area (Å²) in [4.78, 5) is 15.0. The van der Waals surface area contributed by atoms with E-state index in [4.69, 9.17) is 5.73 Å². The fraction of sp³-hybridized carbons (Fsp3) is 0.167. The van der Waals surface area contributed by atoms with Crippen molar-refractivity contribution < 1.29 is 9.53 Å². The lowest BCUT2D eigenvalue weighted by Gasteiger charge is -2.05. The molecule has 0 atom stereocenters. The third-order valence-corrected chi connectivity index (χ3v) is 4.80. The zero-order valence-electron chi connectivity index (χ0n) is 6.17. The summed E-state index contributed by atoms with van der Waals surface area (Å²) in [5.74, 6) is -0.330. The molecule has 0 saturated heterocycles. The molecule has 0 fully saturated rings. The van der Waals surface area contributed by atoms with Crippen molar-refractivity contribution in [3.63, 3.8) is 0 Å². The Morgan fingerprint density at radius 1 is 1.83 bits per heavy atom. The fourth-order valence-electron chi connectivity index (χ4n) is 0.567. The summed E-state index contributed by atoms with van der Waals surface area (Å²) >= 11 is 2.57. The van der Waals surface area contributed by atoms with Gasteiger partial charge in [0.25, 0.3) is 0 Å². The maximum Gasteiger partial charge on any atom is 0.345 e. The molecule has 0 saturated carbocycles. The van der Waals surface area contributed by atoms with Gasteiger partial charge in [-0.15, -0.1) is 0 Å². The summed E-state index contributed by atoms with van der Waals surface area (Å²) in [7, 11) is 1.35. The molecule has 0 radical (unpaired) electrons. The number of esters is 1. The first kappa shape index (κ1) is 9.85. The van der Waals surface area contributed by atoms with Crippen LogP contribution < -0.4 is 5.73 Å². The van der Waals surface area contributed by atoms with Crippen LogP contribution in [0.2, 0.25) is 0 Å². The Bertz CT molecular complexity index is 309. The lowest BCUT2D eigenvalue weighted by Crippen LogP contribution is -2.18. The van der Waals surface area contributed by atoms with Gasteiger partial charge in [0, 0.05) is 6.20 Å². The van der Waals surface area contributed by atoms with E-state index in [1.807, 2.05) is 0 Å². The molecule has 0 amide bonds. The fourth-order valence-corrected chi connectivity index (χ4v) is 3.00. The first-order valence-electron chi connectivity index (χ1n) is 2.94. The van der Waals surface area contributed by atoms with Gasteiger partial charge < -0.3 is 10.5 Å². The first-order chi connectivity index (χ1) is 5.65. The molecule has 0 spiro atoms. The number of carbonyl (C=O) groups is 1. The Hall–Kier alpha value is -0.240. The molecule has 4 nitrogen and oxygen atoms in total. The van der Waals surface area contributed by atoms with E-state index < -0.39 is 20.7 Å². The van der Waals surface area contributed by atoms with Crippen LogP contribution in [0.5, 0.6) is 0 Å². The molecule has 0 bridgehead atoms. The maximum absolute atomic E-state index is 11.1. The molecule has 66 valence electrons. The number of aliphatic imine (C=N–C) groups is 1. The maximum atomic E-state index is 11.1. The highest BCUT2D eigenvalue weighted by molar-refractivity contribution is 14.2. The quantitative estimate of drug-likeness (QED) is 0.436. The molecule has 6 heteroatoms. The Kier molecular flexibility index (Phi) is 3.39. The highest BCUT2D eigenvalue weighted by Gasteiger charge is 2.16. The third kappa shape index (κ3) is 2.13. The molecule has 12 heavy (non-hydrogen) atoms. The Labute approximate surface area is 87.7 Å². The number of ether oxygens (including phenoxy) is 1. The lowest BCUT2D eigenvalue weighted by atomic mass is 10.4. The average Bonchev–Trinajstić information content (AvgIpc) is 2.08. The normalized spacial score (nSPS) is 16.7. The van der Waals surface area contributed by atoms with Crippen molar-refractivity contribution in [2.24, 2.45) is 10.7 Å². The molecule has 0 aliphatic carbocycles. The monoisotopic (exact) mass is 344 g/mol. The highest BCUT2D eigenvalue weighted by atomic mass is 127. The lowest BCUT2D eigenvalue weighted by molar-refractivity contribution is -0.132. The number of carbonyl (C=O) groups excluding carboxylic acids is 1. The second kappa shape index (κ2) is 4.13. The largest absolute Gasteiger partial charge is 0.465 e. The van der Waals surface area contributed by atoms with E-state index in [9.17, 15) is 4.79 Å². The van der Waals surface area contributed by atoms with Gasteiger partial charge in [-0.2, -0.15) is 0 Å². The molecule has 1 rings (SSSR count). The van der Waals surface area contributed by atoms with E-state index in [0.29, 0.717) is 11.8 Å². The molecular weight excluding hydrogens is 339 g/mol. The molecule has 2 N–H and O–H groups in total. The van der Waals surface area contributed by atoms with Crippen LogP contribution in [0.3, 0.4) is 0 Å². The standard InChI is InChI=1S/C6H6BrIN2O2/c1-12-5(11)4-3(7)2-10-6(9)8-4/h2H,1H3,(H2,9,10). The van der Waals surface area contributed by atoms with Crippen molar-refractivity contribution in [1.82, 2.24) is 0 Å². The Balaban J connectivity index is 2.99. The Morgan fingerprint density at radius 2 is 2.50 bits per heavy atom. The van der Waals surface area contributed by atoms with Crippen molar-refractivity contribution in [2.45, 2.75) is 0 Å². The number of hydrogen-bond acceptors (Lipinski definition) is 4. The molecule has 0 unspecified atom stereocenters. The van der Waals surface area contributed by atoms with Gasteiger partial charge in [-0.3, -0.25) is 0 Å². The van der Waals surface area contributed by atoms with Crippen LogP contribution in [0.25, 0.3) is 0 Å². The van der Waals surface area contributed by atoms with Crippen LogP contribution in [0.15, 0.2) is 15.7 Å². The smallest absolute Gasteiger partial charge is 0.345 e. The number of amidine groups is 1. The third-order valence-electron chi connectivity index (χ3n) is 1.07. The van der Waals surface area contributed by atoms with Crippen molar-refractivity contribution in [1.29, 1.82) is 0 Å². The number of rotatable bonds is 1. The minimum Gasteiger partial charge on any atom is -0.465 e. The summed E-state index contributed by atoms with van der Waals surface area (Å²) in [6.45, 7) is 0. The summed E-state index contributed by atoms with van der Waals surface area (Å²) in [6, 6.07) is 0. The van der Waals surface area contributed by atoms with Crippen LogP contribution in [-0.2, 0) is 9.53 Å². The minimum atomic E-state index is -0.646. The van der Waals surface area contributed by atoms with Crippen LogP contribution in [-0.4, -0.2) is 20.4 Å². The average molecular weight is 345 g/mol. The van der Waals surface area contributed by atoms with E-state index in [0.717, 1.165) is 0 Å². The van der Waals surface area contributed by atoms with Crippen LogP contribution in [0, 0.1) is 0 Å². The van der Waals surface area contributed by atoms with Gasteiger partial charge in [0.1, 0.15) is 3.51 Å². The zero-order valence-corrected chi connectivity index (χ0v) is 9.92. The second-order valence-corrected chi connectivity index (χ2v) is 5.41. The van der Waals surface area contributed by atoms with Crippen molar-refractivity contribution in [2.75, 3.05) is 7.11 Å². The topological polar surface area (TPSA) is 64.7 Å². The molecular formula is C6H6BrIN2O2. The van der Waals surface area contributed by atoms with E-state index in [2.05, 4.69) is 25.7 Å². The highest BCUT2D eigenvalue weighted by Crippen LogP contribution is 2.20. The predicted molar refractivity (Wildman–Crippen MR) is 59.7 cm³/mol. The number of halogens is 2. The molecule has 1 heterocycles. The van der Waals surface area contributed by atoms with Gasteiger partial charge in [-0.05, 0) is 36.7 Å². The van der Waals surface area contributed by atoms with E-state index >= 15 is 0 Å². The van der Waals surface area contributed by atoms with E-state index in [1.165, 1.54) is 13.3 Å². The van der Waals surface area contributed by atoms with E-state index in [-0.39, 0.29) is 5.97 Å². The number of nitrogens with zero attached hydrogens (tertiary/aromatic N) is 1. The van der Waals surface area contributed by atoms with Crippen LogP contribution in [0.4, 0.5) is 0 Å². The van der Waals surface area contributed by atoms with Gasteiger partial charge in [0.05, 0.1) is 11.6 Å². The number of methoxy groups -OCH3 is 1.